The van der Waals surface area contributed by atoms with Crippen molar-refractivity contribution in [3.8, 4) is 5.75 Å². The Bertz CT molecular complexity index is 848. The minimum atomic E-state index is -0.858. The Labute approximate surface area is 192 Å². The normalized spacial score (nSPS) is 18.9. The fourth-order valence-corrected chi connectivity index (χ4v) is 4.62. The molecule has 0 radical (unpaired) electrons. The van der Waals surface area contributed by atoms with Crippen LogP contribution in [0.1, 0.15) is 87.8 Å². The molecule has 1 saturated carbocycles. The molecule has 0 N–H and O–H groups in total. The van der Waals surface area contributed by atoms with Gasteiger partial charge in [-0.1, -0.05) is 69.2 Å². The van der Waals surface area contributed by atoms with Crippen LogP contribution in [0.15, 0.2) is 48.6 Å². The zero-order valence-electron chi connectivity index (χ0n) is 19.7. The molecule has 2 aromatic rings. The van der Waals surface area contributed by atoms with Crippen LogP contribution >= 0.6 is 0 Å². The van der Waals surface area contributed by atoms with Crippen molar-refractivity contribution < 1.29 is 13.5 Å². The third kappa shape index (κ3) is 6.92. The van der Waals surface area contributed by atoms with Gasteiger partial charge in [0.25, 0.3) is 0 Å². The van der Waals surface area contributed by atoms with Gasteiger partial charge < -0.3 is 4.74 Å². The van der Waals surface area contributed by atoms with E-state index in [1.54, 1.807) is 12.1 Å². The Balaban J connectivity index is 1.43. The van der Waals surface area contributed by atoms with Crippen molar-refractivity contribution in [2.24, 2.45) is 5.92 Å². The predicted molar refractivity (Wildman–Crippen MR) is 129 cm³/mol. The lowest BCUT2D eigenvalue weighted by molar-refractivity contribution is 0.288. The summed E-state index contributed by atoms with van der Waals surface area (Å²) in [5, 5.41) is 0. The van der Waals surface area contributed by atoms with Crippen LogP contribution in [0, 0.1) is 17.6 Å². The number of unbranched alkanes of at least 4 members (excludes halogenated alkanes) is 1. The first-order valence-electron chi connectivity index (χ1n) is 12.5. The lowest BCUT2D eigenvalue weighted by Crippen LogP contribution is -2.11. The first kappa shape index (κ1) is 24.5. The van der Waals surface area contributed by atoms with Gasteiger partial charge >= 0.3 is 0 Å². The second-order valence-electron chi connectivity index (χ2n) is 9.12. The third-order valence-corrected chi connectivity index (χ3v) is 6.63. The van der Waals surface area contributed by atoms with E-state index in [0.717, 1.165) is 25.7 Å². The molecule has 1 aliphatic rings. The van der Waals surface area contributed by atoms with E-state index in [4.69, 9.17) is 4.74 Å². The largest absolute Gasteiger partial charge is 0.490 e. The van der Waals surface area contributed by atoms with E-state index in [1.165, 1.54) is 43.2 Å². The van der Waals surface area contributed by atoms with Crippen LogP contribution in [0.4, 0.5) is 8.78 Å². The van der Waals surface area contributed by atoms with Crippen molar-refractivity contribution in [2.45, 2.75) is 84.0 Å². The van der Waals surface area contributed by atoms with Crippen molar-refractivity contribution in [1.29, 1.82) is 0 Å². The van der Waals surface area contributed by atoms with Gasteiger partial charge in [-0.15, -0.1) is 0 Å². The standard InChI is InChI=1S/C29H38F2O/c1-3-5-21-32-27-20-19-26(28(30)29(27)31)10-7-6-9-23-13-17-25(18-14-23)24-15-11-22(8-4-2)12-16-24/h6,9,11-12,15-16,19-20,23,25H,3-5,7-8,10,13-14,17-18,21H2,1-2H3/b9-6+. The fraction of sp³-hybridized carbons (Fsp3) is 0.517. The van der Waals surface area contributed by atoms with Gasteiger partial charge in [0, 0.05) is 0 Å². The topological polar surface area (TPSA) is 9.23 Å². The third-order valence-electron chi connectivity index (χ3n) is 6.63. The summed E-state index contributed by atoms with van der Waals surface area (Å²) in [7, 11) is 0. The maximum absolute atomic E-state index is 14.3. The molecule has 0 spiro atoms. The highest BCUT2D eigenvalue weighted by atomic mass is 19.2. The SMILES string of the molecule is CCCCOc1ccc(CC/C=C/C2CCC(c3ccc(CCC)cc3)CC2)c(F)c1F. The monoisotopic (exact) mass is 440 g/mol. The van der Waals surface area contributed by atoms with E-state index in [9.17, 15) is 8.78 Å². The number of hydrogen-bond acceptors (Lipinski definition) is 1. The van der Waals surface area contributed by atoms with Crippen LogP contribution in [0.3, 0.4) is 0 Å². The molecular weight excluding hydrogens is 402 g/mol. The molecule has 3 heteroatoms. The minimum absolute atomic E-state index is 0.0204. The van der Waals surface area contributed by atoms with E-state index < -0.39 is 11.6 Å². The van der Waals surface area contributed by atoms with Crippen LogP contribution in [0.5, 0.6) is 5.75 Å². The van der Waals surface area contributed by atoms with E-state index in [2.05, 4.69) is 43.3 Å². The fourth-order valence-electron chi connectivity index (χ4n) is 4.62. The van der Waals surface area contributed by atoms with Crippen molar-refractivity contribution in [1.82, 2.24) is 0 Å². The molecule has 0 heterocycles. The maximum atomic E-state index is 14.3. The van der Waals surface area contributed by atoms with Crippen LogP contribution < -0.4 is 4.74 Å². The van der Waals surface area contributed by atoms with Gasteiger partial charge in [0.1, 0.15) is 0 Å². The van der Waals surface area contributed by atoms with Crippen LogP contribution in [0.2, 0.25) is 0 Å². The van der Waals surface area contributed by atoms with Gasteiger partial charge in [0.15, 0.2) is 11.6 Å². The van der Waals surface area contributed by atoms with Crippen molar-refractivity contribution in [2.75, 3.05) is 6.61 Å². The summed E-state index contributed by atoms with van der Waals surface area (Å²) in [5.74, 6) is -0.333. The highest BCUT2D eigenvalue weighted by molar-refractivity contribution is 5.31. The summed E-state index contributed by atoms with van der Waals surface area (Å²) in [6.07, 6.45) is 14.7. The Kier molecular flexibility index (Phi) is 9.77. The quantitative estimate of drug-likeness (QED) is 0.251. The molecule has 1 nitrogen and oxygen atoms in total. The smallest absolute Gasteiger partial charge is 0.200 e. The number of halogens is 2. The summed E-state index contributed by atoms with van der Waals surface area (Å²) < 4.78 is 33.9. The molecular formula is C29H38F2O. The van der Waals surface area contributed by atoms with E-state index in [1.807, 2.05) is 6.92 Å². The molecule has 2 aromatic carbocycles. The van der Waals surface area contributed by atoms with Crippen LogP contribution in [0.25, 0.3) is 0 Å². The van der Waals surface area contributed by atoms with E-state index in [0.29, 0.717) is 30.4 Å². The average Bonchev–Trinajstić information content (AvgIpc) is 2.82. The number of aryl methyl sites for hydroxylation is 2. The second-order valence-corrected chi connectivity index (χ2v) is 9.12. The molecule has 0 saturated heterocycles. The van der Waals surface area contributed by atoms with Gasteiger partial charge in [0.2, 0.25) is 5.82 Å². The van der Waals surface area contributed by atoms with Gasteiger partial charge in [-0.05, 0) is 86.0 Å². The predicted octanol–water partition coefficient (Wildman–Crippen LogP) is 8.56. The molecule has 174 valence electrons. The summed E-state index contributed by atoms with van der Waals surface area (Å²) in [4.78, 5) is 0. The number of rotatable bonds is 11. The number of ether oxygens (including phenoxy) is 1. The Hall–Kier alpha value is -2.16. The summed E-state index contributed by atoms with van der Waals surface area (Å²) >= 11 is 0. The van der Waals surface area contributed by atoms with Gasteiger partial charge in [0.05, 0.1) is 6.61 Å². The molecule has 0 atom stereocenters. The molecule has 32 heavy (non-hydrogen) atoms. The first-order valence-corrected chi connectivity index (χ1v) is 12.5. The van der Waals surface area contributed by atoms with Gasteiger partial charge in [-0.3, -0.25) is 0 Å². The number of allylic oxidation sites excluding steroid dienone is 2. The highest BCUT2D eigenvalue weighted by Gasteiger charge is 2.21. The summed E-state index contributed by atoms with van der Waals surface area (Å²) in [5.41, 5.74) is 3.33. The Morgan fingerprint density at radius 1 is 0.875 bits per heavy atom. The lowest BCUT2D eigenvalue weighted by atomic mass is 9.78. The Morgan fingerprint density at radius 3 is 2.31 bits per heavy atom. The molecule has 0 amide bonds. The average molecular weight is 441 g/mol. The molecule has 0 aromatic heterocycles. The number of hydrogen-bond donors (Lipinski definition) is 0. The Morgan fingerprint density at radius 2 is 1.62 bits per heavy atom. The van der Waals surface area contributed by atoms with Gasteiger partial charge in [-0.2, -0.15) is 4.39 Å². The second kappa shape index (κ2) is 12.8. The molecule has 0 aliphatic heterocycles. The molecule has 1 fully saturated rings. The molecule has 3 rings (SSSR count). The van der Waals surface area contributed by atoms with E-state index in [-0.39, 0.29) is 5.75 Å². The first-order chi connectivity index (χ1) is 15.6. The maximum Gasteiger partial charge on any atom is 0.200 e. The van der Waals surface area contributed by atoms with Gasteiger partial charge in [-0.25, -0.2) is 4.39 Å². The number of benzene rings is 2. The zero-order valence-corrected chi connectivity index (χ0v) is 19.7. The summed E-state index contributed by atoms with van der Waals surface area (Å²) in [6.45, 7) is 4.67. The lowest BCUT2D eigenvalue weighted by Gasteiger charge is -2.27. The van der Waals surface area contributed by atoms with Crippen molar-refractivity contribution in [3.05, 3.63) is 76.9 Å². The molecule has 1 aliphatic carbocycles. The molecule has 0 bridgehead atoms. The van der Waals surface area contributed by atoms with Crippen molar-refractivity contribution >= 4 is 0 Å². The summed E-state index contributed by atoms with van der Waals surface area (Å²) in [6, 6.07) is 12.4. The zero-order chi connectivity index (χ0) is 22.8. The minimum Gasteiger partial charge on any atom is -0.490 e. The highest BCUT2D eigenvalue weighted by Crippen LogP contribution is 2.36. The van der Waals surface area contributed by atoms with Crippen molar-refractivity contribution in [3.63, 3.8) is 0 Å². The van der Waals surface area contributed by atoms with Crippen LogP contribution in [-0.2, 0) is 12.8 Å². The van der Waals surface area contributed by atoms with E-state index >= 15 is 0 Å². The van der Waals surface area contributed by atoms with Crippen LogP contribution in [-0.4, -0.2) is 6.61 Å². The molecule has 0 unspecified atom stereocenters.